The van der Waals surface area contributed by atoms with Crippen molar-refractivity contribution in [3.63, 3.8) is 0 Å². The first-order valence-electron chi connectivity index (χ1n) is 8.03. The maximum Gasteiger partial charge on any atom is 0.250 e. The average Bonchev–Trinajstić information content (AvgIpc) is 3.03. The molecule has 0 radical (unpaired) electrons. The van der Waals surface area contributed by atoms with E-state index in [-0.39, 0.29) is 5.91 Å². The fraction of sp³-hybridized carbons (Fsp3) is 0.158. The lowest BCUT2D eigenvalue weighted by molar-refractivity contribution is -0.117. The smallest absolute Gasteiger partial charge is 0.250 e. The zero-order chi connectivity index (χ0) is 17.2. The summed E-state index contributed by atoms with van der Waals surface area (Å²) < 4.78 is 1.87. The van der Waals surface area contributed by atoms with Crippen LogP contribution < -0.4 is 9.70 Å². The van der Waals surface area contributed by atoms with Gasteiger partial charge in [0.1, 0.15) is 0 Å². The van der Waals surface area contributed by atoms with E-state index < -0.39 is 0 Å². The van der Waals surface area contributed by atoms with E-state index in [1.165, 1.54) is 21.1 Å². The third-order valence-corrected chi connectivity index (χ3v) is 6.04. The first-order chi connectivity index (χ1) is 12.2. The van der Waals surface area contributed by atoms with Crippen molar-refractivity contribution in [2.45, 2.75) is 16.2 Å². The van der Waals surface area contributed by atoms with Crippen LogP contribution in [-0.2, 0) is 11.8 Å². The second kappa shape index (κ2) is 6.90. The van der Waals surface area contributed by atoms with Crippen LogP contribution in [0.2, 0.25) is 0 Å². The van der Waals surface area contributed by atoms with E-state index in [9.17, 15) is 4.79 Å². The molecular formula is C19H17N3OS2. The molecule has 0 aliphatic carbocycles. The standard InChI is InChI=1S/C19H17N3OS2/c1-21-12-13-24-19(21)20-18(23)10-11-22-14-6-2-4-8-16(14)25-17-9-5-3-7-15(17)22/h2-9,12-13H,10-11H2,1H3. The molecule has 2 aromatic carbocycles. The number of carbonyl (C=O) groups excluding carboxylic acids is 1. The summed E-state index contributed by atoms with van der Waals surface area (Å²) >= 11 is 3.25. The second-order valence-electron chi connectivity index (χ2n) is 5.74. The first-order valence-corrected chi connectivity index (χ1v) is 9.73. The van der Waals surface area contributed by atoms with Crippen molar-refractivity contribution in [1.29, 1.82) is 0 Å². The van der Waals surface area contributed by atoms with E-state index >= 15 is 0 Å². The van der Waals surface area contributed by atoms with Crippen LogP contribution in [0.15, 0.2) is 74.9 Å². The Morgan fingerprint density at radius 3 is 2.28 bits per heavy atom. The van der Waals surface area contributed by atoms with Crippen LogP contribution in [0.5, 0.6) is 0 Å². The van der Waals surface area contributed by atoms with Gasteiger partial charge in [0.2, 0.25) is 5.91 Å². The Morgan fingerprint density at radius 1 is 1.04 bits per heavy atom. The van der Waals surface area contributed by atoms with Crippen molar-refractivity contribution in [3.8, 4) is 0 Å². The van der Waals surface area contributed by atoms with Gasteiger partial charge in [0.25, 0.3) is 0 Å². The lowest BCUT2D eigenvalue weighted by atomic mass is 10.2. The van der Waals surface area contributed by atoms with Gasteiger partial charge in [-0.1, -0.05) is 36.0 Å². The van der Waals surface area contributed by atoms with Gasteiger partial charge < -0.3 is 9.47 Å². The molecule has 3 aromatic rings. The van der Waals surface area contributed by atoms with Gasteiger partial charge in [-0.25, -0.2) is 0 Å². The summed E-state index contributed by atoms with van der Waals surface area (Å²) in [5.41, 5.74) is 2.31. The average molecular weight is 367 g/mol. The predicted octanol–water partition coefficient (Wildman–Crippen LogP) is 4.21. The molecule has 1 amide bonds. The quantitative estimate of drug-likeness (QED) is 0.696. The topological polar surface area (TPSA) is 37.6 Å². The summed E-state index contributed by atoms with van der Waals surface area (Å²) in [5, 5.41) is 1.93. The van der Waals surface area contributed by atoms with Crippen LogP contribution in [0, 0.1) is 0 Å². The minimum Gasteiger partial charge on any atom is -0.339 e. The van der Waals surface area contributed by atoms with E-state index in [1.807, 2.05) is 35.3 Å². The zero-order valence-electron chi connectivity index (χ0n) is 13.8. The number of aromatic nitrogens is 1. The molecule has 1 aliphatic heterocycles. The maximum atomic E-state index is 12.3. The summed E-state index contributed by atoms with van der Waals surface area (Å²) in [6.45, 7) is 0.617. The van der Waals surface area contributed by atoms with Gasteiger partial charge in [-0.05, 0) is 24.3 Å². The number of hydrogen-bond donors (Lipinski definition) is 0. The molecule has 0 atom stereocenters. The SMILES string of the molecule is Cn1ccsc1=NC(=O)CCN1c2ccccc2Sc2ccccc21. The van der Waals surface area contributed by atoms with Gasteiger partial charge in [0.05, 0.1) is 11.4 Å². The highest BCUT2D eigenvalue weighted by molar-refractivity contribution is 7.99. The van der Waals surface area contributed by atoms with Crippen molar-refractivity contribution < 1.29 is 4.79 Å². The number of amides is 1. The van der Waals surface area contributed by atoms with Crippen LogP contribution in [0.3, 0.4) is 0 Å². The fourth-order valence-corrected chi connectivity index (χ4v) is 4.67. The van der Waals surface area contributed by atoms with E-state index in [0.29, 0.717) is 13.0 Å². The summed E-state index contributed by atoms with van der Waals surface area (Å²) in [6.07, 6.45) is 2.29. The number of benzene rings is 2. The van der Waals surface area contributed by atoms with Crippen molar-refractivity contribution in [3.05, 3.63) is 64.9 Å². The van der Waals surface area contributed by atoms with Crippen LogP contribution in [0.25, 0.3) is 0 Å². The molecule has 0 spiro atoms. The molecule has 126 valence electrons. The van der Waals surface area contributed by atoms with Gasteiger partial charge in [-0.3, -0.25) is 4.79 Å². The van der Waals surface area contributed by atoms with Gasteiger partial charge in [0, 0.05) is 41.4 Å². The van der Waals surface area contributed by atoms with Crippen molar-refractivity contribution in [2.24, 2.45) is 12.0 Å². The molecule has 0 unspecified atom stereocenters. The Kier molecular flexibility index (Phi) is 4.46. The highest BCUT2D eigenvalue weighted by Crippen LogP contribution is 2.47. The van der Waals surface area contributed by atoms with Crippen LogP contribution >= 0.6 is 23.1 Å². The summed E-state index contributed by atoms with van der Waals surface area (Å²) in [5.74, 6) is -0.0914. The molecule has 25 heavy (non-hydrogen) atoms. The lowest BCUT2D eigenvalue weighted by Gasteiger charge is -2.32. The Morgan fingerprint density at radius 2 is 1.68 bits per heavy atom. The van der Waals surface area contributed by atoms with Crippen molar-refractivity contribution in [1.82, 2.24) is 4.57 Å². The Bertz CT molecular complexity index is 944. The Labute approximate surface area is 154 Å². The molecule has 1 aromatic heterocycles. The largest absolute Gasteiger partial charge is 0.339 e. The van der Waals surface area contributed by atoms with Gasteiger partial charge in [0.15, 0.2) is 4.80 Å². The van der Waals surface area contributed by atoms with Crippen molar-refractivity contribution in [2.75, 3.05) is 11.4 Å². The monoisotopic (exact) mass is 367 g/mol. The van der Waals surface area contributed by atoms with Crippen LogP contribution in [0.4, 0.5) is 11.4 Å². The van der Waals surface area contributed by atoms with Crippen molar-refractivity contribution >= 4 is 40.4 Å². The van der Waals surface area contributed by atoms with Crippen LogP contribution in [0.1, 0.15) is 6.42 Å². The fourth-order valence-electron chi connectivity index (χ4n) is 2.83. The van der Waals surface area contributed by atoms with E-state index in [0.717, 1.165) is 16.2 Å². The molecule has 4 rings (SSSR count). The third-order valence-electron chi connectivity index (χ3n) is 4.06. The number of aryl methyl sites for hydroxylation is 1. The predicted molar refractivity (Wildman–Crippen MR) is 102 cm³/mol. The lowest BCUT2D eigenvalue weighted by Crippen LogP contribution is -2.24. The molecule has 0 fully saturated rings. The zero-order valence-corrected chi connectivity index (χ0v) is 15.4. The molecule has 6 heteroatoms. The maximum absolute atomic E-state index is 12.3. The molecule has 2 heterocycles. The highest BCUT2D eigenvalue weighted by atomic mass is 32.2. The Balaban J connectivity index is 1.60. The number of para-hydroxylation sites is 2. The summed E-state index contributed by atoms with van der Waals surface area (Å²) in [7, 11) is 1.90. The van der Waals surface area contributed by atoms with E-state index in [1.54, 1.807) is 11.8 Å². The second-order valence-corrected chi connectivity index (χ2v) is 7.70. The number of fused-ring (bicyclic) bond motifs is 2. The first kappa shape index (κ1) is 16.2. The Hall–Kier alpha value is -2.31. The number of carbonyl (C=O) groups is 1. The van der Waals surface area contributed by atoms with Gasteiger partial charge in [-0.15, -0.1) is 11.3 Å². The summed E-state index contributed by atoms with van der Waals surface area (Å²) in [6, 6.07) is 16.7. The summed E-state index contributed by atoms with van der Waals surface area (Å²) in [4.78, 5) is 21.9. The molecule has 4 nitrogen and oxygen atoms in total. The van der Waals surface area contributed by atoms with Crippen LogP contribution in [-0.4, -0.2) is 17.0 Å². The normalized spacial score (nSPS) is 13.5. The van der Waals surface area contributed by atoms with E-state index in [4.69, 9.17) is 0 Å². The molecule has 0 N–H and O–H groups in total. The van der Waals surface area contributed by atoms with Gasteiger partial charge >= 0.3 is 0 Å². The number of rotatable bonds is 3. The molecule has 1 aliphatic rings. The third kappa shape index (κ3) is 3.27. The molecule has 0 saturated carbocycles. The minimum atomic E-state index is -0.0914. The molecular weight excluding hydrogens is 350 g/mol. The number of nitrogens with zero attached hydrogens (tertiary/aromatic N) is 3. The molecule has 0 bridgehead atoms. The minimum absolute atomic E-state index is 0.0914. The molecule has 0 saturated heterocycles. The number of thiazole rings is 1. The van der Waals surface area contributed by atoms with Gasteiger partial charge in [-0.2, -0.15) is 4.99 Å². The highest BCUT2D eigenvalue weighted by Gasteiger charge is 2.22. The van der Waals surface area contributed by atoms with E-state index in [2.05, 4.69) is 46.3 Å². The number of hydrogen-bond acceptors (Lipinski definition) is 4. The number of anilines is 2.